The van der Waals surface area contributed by atoms with E-state index in [4.69, 9.17) is 10.3 Å². The third kappa shape index (κ3) is 4.49. The van der Waals surface area contributed by atoms with E-state index in [1.165, 1.54) is 19.3 Å². The molecule has 1 heterocycles. The van der Waals surface area contributed by atoms with Crippen LogP contribution in [0.25, 0.3) is 0 Å². The predicted octanol–water partition coefficient (Wildman–Crippen LogP) is 1.20. The van der Waals surface area contributed by atoms with E-state index in [-0.39, 0.29) is 24.0 Å². The van der Waals surface area contributed by atoms with Gasteiger partial charge in [0.1, 0.15) is 6.54 Å². The maximum atomic E-state index is 5.70. The summed E-state index contributed by atoms with van der Waals surface area (Å²) in [6, 6.07) is 0. The lowest BCUT2D eigenvalue weighted by Gasteiger charge is -2.25. The molecule has 7 heteroatoms. The molecule has 96 valence electrons. The molecule has 0 aromatic carbocycles. The molecule has 0 spiro atoms. The van der Waals surface area contributed by atoms with Gasteiger partial charge in [0, 0.05) is 6.54 Å². The van der Waals surface area contributed by atoms with E-state index in [0.29, 0.717) is 24.2 Å². The van der Waals surface area contributed by atoms with Crippen LogP contribution in [0.2, 0.25) is 0 Å². The molecule has 1 saturated carbocycles. The Bertz CT molecular complexity index is 375. The molecule has 0 atom stereocenters. The fourth-order valence-corrected chi connectivity index (χ4v) is 1.56. The second-order valence-electron chi connectivity index (χ2n) is 4.11. The van der Waals surface area contributed by atoms with Crippen LogP contribution in [0.15, 0.2) is 9.52 Å². The average Bonchev–Trinajstić information content (AvgIpc) is 2.59. The van der Waals surface area contributed by atoms with Crippen molar-refractivity contribution in [1.29, 1.82) is 0 Å². The molecule has 1 aromatic heterocycles. The molecule has 1 aliphatic rings. The number of hydrogen-bond donors (Lipinski definition) is 2. The number of rotatable bonds is 4. The second-order valence-corrected chi connectivity index (χ2v) is 4.11. The van der Waals surface area contributed by atoms with Gasteiger partial charge in [0.25, 0.3) is 0 Å². The monoisotopic (exact) mass is 351 g/mol. The minimum Gasteiger partial charge on any atom is -0.370 e. The number of aromatic nitrogens is 2. The van der Waals surface area contributed by atoms with E-state index in [1.54, 1.807) is 6.92 Å². The first-order valence-corrected chi connectivity index (χ1v) is 5.57. The lowest BCUT2D eigenvalue weighted by molar-refractivity contribution is 0.315. The summed E-state index contributed by atoms with van der Waals surface area (Å²) in [5.74, 6) is 2.32. The van der Waals surface area contributed by atoms with Crippen LogP contribution in [0.3, 0.4) is 0 Å². The van der Waals surface area contributed by atoms with Crippen LogP contribution >= 0.6 is 24.0 Å². The first kappa shape index (κ1) is 14.2. The molecule has 0 bridgehead atoms. The van der Waals surface area contributed by atoms with Crippen LogP contribution in [0, 0.1) is 12.8 Å². The molecule has 0 radical (unpaired) electrons. The SMILES string of the molecule is Cc1noc(CN=C(N)NCC2CCC2)n1.I. The molecule has 0 aliphatic heterocycles. The minimum atomic E-state index is 0. The van der Waals surface area contributed by atoms with Crippen molar-refractivity contribution < 1.29 is 4.52 Å². The molecule has 1 aromatic rings. The lowest BCUT2D eigenvalue weighted by atomic mass is 9.85. The van der Waals surface area contributed by atoms with Crippen LogP contribution in [0.4, 0.5) is 0 Å². The molecular formula is C10H18IN5O. The van der Waals surface area contributed by atoms with Gasteiger partial charge in [0.15, 0.2) is 11.8 Å². The van der Waals surface area contributed by atoms with Crippen molar-refractivity contribution in [2.45, 2.75) is 32.7 Å². The summed E-state index contributed by atoms with van der Waals surface area (Å²) in [7, 11) is 0. The summed E-state index contributed by atoms with van der Waals surface area (Å²) in [6.45, 7) is 3.03. The zero-order valence-corrected chi connectivity index (χ0v) is 12.2. The third-order valence-electron chi connectivity index (χ3n) is 2.75. The second kappa shape index (κ2) is 6.77. The molecule has 2 rings (SSSR count). The molecule has 1 fully saturated rings. The summed E-state index contributed by atoms with van der Waals surface area (Å²) < 4.78 is 4.92. The van der Waals surface area contributed by atoms with Gasteiger partial charge in [0.05, 0.1) is 0 Å². The maximum absolute atomic E-state index is 5.70. The average molecular weight is 351 g/mol. The molecule has 0 unspecified atom stereocenters. The smallest absolute Gasteiger partial charge is 0.248 e. The van der Waals surface area contributed by atoms with Gasteiger partial charge >= 0.3 is 0 Å². The number of aryl methyl sites for hydroxylation is 1. The van der Waals surface area contributed by atoms with E-state index in [0.717, 1.165) is 12.5 Å². The van der Waals surface area contributed by atoms with Crippen molar-refractivity contribution in [2.24, 2.45) is 16.6 Å². The highest BCUT2D eigenvalue weighted by Crippen LogP contribution is 2.24. The lowest BCUT2D eigenvalue weighted by Crippen LogP contribution is -2.37. The molecule has 6 nitrogen and oxygen atoms in total. The van der Waals surface area contributed by atoms with E-state index in [9.17, 15) is 0 Å². The highest BCUT2D eigenvalue weighted by atomic mass is 127. The minimum absolute atomic E-state index is 0. The van der Waals surface area contributed by atoms with E-state index < -0.39 is 0 Å². The van der Waals surface area contributed by atoms with E-state index in [2.05, 4.69) is 20.4 Å². The standard InChI is InChI=1S/C10H17N5O.HI/c1-7-14-9(16-15-7)6-13-10(11)12-5-8-3-2-4-8;/h8H,2-6H2,1H3,(H3,11,12,13);1H. The largest absolute Gasteiger partial charge is 0.370 e. The van der Waals surface area contributed by atoms with Gasteiger partial charge in [0.2, 0.25) is 5.89 Å². The van der Waals surface area contributed by atoms with Crippen LogP contribution in [-0.4, -0.2) is 22.6 Å². The van der Waals surface area contributed by atoms with Crippen molar-refractivity contribution in [3.8, 4) is 0 Å². The van der Waals surface area contributed by atoms with Crippen molar-refractivity contribution in [2.75, 3.05) is 6.54 Å². The van der Waals surface area contributed by atoms with Crippen LogP contribution in [0.5, 0.6) is 0 Å². The van der Waals surface area contributed by atoms with E-state index in [1.807, 2.05) is 0 Å². The van der Waals surface area contributed by atoms with E-state index >= 15 is 0 Å². The van der Waals surface area contributed by atoms with Gasteiger partial charge < -0.3 is 15.6 Å². The highest BCUT2D eigenvalue weighted by Gasteiger charge is 2.16. The van der Waals surface area contributed by atoms with Crippen LogP contribution in [-0.2, 0) is 6.54 Å². The summed E-state index contributed by atoms with van der Waals surface area (Å²) in [5.41, 5.74) is 5.70. The molecule has 0 saturated heterocycles. The molecule has 1 aliphatic carbocycles. The molecule has 17 heavy (non-hydrogen) atoms. The summed E-state index contributed by atoms with van der Waals surface area (Å²) >= 11 is 0. The Morgan fingerprint density at radius 2 is 2.35 bits per heavy atom. The summed E-state index contributed by atoms with van der Waals surface area (Å²) in [5, 5.41) is 6.77. The fraction of sp³-hybridized carbons (Fsp3) is 0.700. The van der Waals surface area contributed by atoms with Crippen LogP contribution < -0.4 is 11.1 Å². The Hall–Kier alpha value is -0.860. The Kier molecular flexibility index (Phi) is 5.66. The predicted molar refractivity (Wildman–Crippen MR) is 75.1 cm³/mol. The number of aliphatic imine (C=N–C) groups is 1. The zero-order valence-electron chi connectivity index (χ0n) is 9.85. The molecule has 3 N–H and O–H groups in total. The number of nitrogens with zero attached hydrogens (tertiary/aromatic N) is 3. The fourth-order valence-electron chi connectivity index (χ4n) is 1.56. The Labute approximate surface area is 117 Å². The van der Waals surface area contributed by atoms with Crippen molar-refractivity contribution in [1.82, 2.24) is 15.5 Å². The Morgan fingerprint density at radius 3 is 2.88 bits per heavy atom. The third-order valence-corrected chi connectivity index (χ3v) is 2.75. The van der Waals surface area contributed by atoms with Gasteiger partial charge in [-0.2, -0.15) is 4.98 Å². The van der Waals surface area contributed by atoms with Gasteiger partial charge in [-0.3, -0.25) is 0 Å². The number of nitrogens with one attached hydrogen (secondary N) is 1. The number of halogens is 1. The van der Waals surface area contributed by atoms with Crippen molar-refractivity contribution in [3.05, 3.63) is 11.7 Å². The van der Waals surface area contributed by atoms with Gasteiger partial charge in [-0.15, -0.1) is 24.0 Å². The number of guanidine groups is 1. The zero-order chi connectivity index (χ0) is 11.4. The van der Waals surface area contributed by atoms with Gasteiger partial charge in [-0.25, -0.2) is 4.99 Å². The summed E-state index contributed by atoms with van der Waals surface area (Å²) in [6.07, 6.45) is 3.93. The Morgan fingerprint density at radius 1 is 1.59 bits per heavy atom. The first-order chi connectivity index (χ1) is 7.74. The highest BCUT2D eigenvalue weighted by molar-refractivity contribution is 14.0. The van der Waals surface area contributed by atoms with Crippen molar-refractivity contribution in [3.63, 3.8) is 0 Å². The summed E-state index contributed by atoms with van der Waals surface area (Å²) in [4.78, 5) is 8.16. The Balaban J connectivity index is 0.00000144. The van der Waals surface area contributed by atoms with Crippen molar-refractivity contribution >= 4 is 29.9 Å². The van der Waals surface area contributed by atoms with Gasteiger partial charge in [-0.05, 0) is 25.7 Å². The first-order valence-electron chi connectivity index (χ1n) is 5.57. The number of nitrogens with two attached hydrogens (primary N) is 1. The normalized spacial score (nSPS) is 16.2. The number of hydrogen-bond acceptors (Lipinski definition) is 4. The quantitative estimate of drug-likeness (QED) is 0.483. The molecular weight excluding hydrogens is 333 g/mol. The van der Waals surface area contributed by atoms with Crippen LogP contribution in [0.1, 0.15) is 31.0 Å². The topological polar surface area (TPSA) is 89.3 Å². The maximum Gasteiger partial charge on any atom is 0.248 e. The molecule has 0 amide bonds. The van der Waals surface area contributed by atoms with Gasteiger partial charge in [-0.1, -0.05) is 11.6 Å².